The molecule has 0 saturated carbocycles. The summed E-state index contributed by atoms with van der Waals surface area (Å²) in [6, 6.07) is 12.3. The molecule has 0 spiro atoms. The van der Waals surface area contributed by atoms with Crippen LogP contribution in [-0.2, 0) is 13.0 Å². The average Bonchev–Trinajstić information content (AvgIpc) is 2.50. The molecule has 21 heavy (non-hydrogen) atoms. The van der Waals surface area contributed by atoms with E-state index in [-0.39, 0.29) is 6.04 Å². The van der Waals surface area contributed by atoms with Gasteiger partial charge in [-0.2, -0.15) is 0 Å². The van der Waals surface area contributed by atoms with Crippen LogP contribution in [0.4, 0.5) is 5.69 Å². The third kappa shape index (κ3) is 4.45. The van der Waals surface area contributed by atoms with Crippen LogP contribution in [0, 0.1) is 0 Å². The van der Waals surface area contributed by atoms with E-state index in [0.717, 1.165) is 41.4 Å². The lowest BCUT2D eigenvalue weighted by Gasteiger charge is -2.20. The van der Waals surface area contributed by atoms with E-state index in [1.165, 1.54) is 0 Å². The number of nitrogens with zero attached hydrogens (tertiary/aromatic N) is 2. The molecule has 0 saturated heterocycles. The van der Waals surface area contributed by atoms with E-state index >= 15 is 0 Å². The monoisotopic (exact) mass is 303 g/mol. The van der Waals surface area contributed by atoms with Gasteiger partial charge in [-0.3, -0.25) is 4.98 Å². The van der Waals surface area contributed by atoms with Gasteiger partial charge in [-0.1, -0.05) is 30.7 Å². The topological polar surface area (TPSA) is 42.1 Å². The van der Waals surface area contributed by atoms with Crippen LogP contribution < -0.4 is 10.6 Å². The molecule has 1 atom stereocenters. The molecular weight excluding hydrogens is 282 g/mol. The number of anilines is 1. The van der Waals surface area contributed by atoms with Gasteiger partial charge in [-0.15, -0.1) is 0 Å². The summed E-state index contributed by atoms with van der Waals surface area (Å²) in [4.78, 5) is 6.48. The van der Waals surface area contributed by atoms with E-state index in [9.17, 15) is 0 Å². The van der Waals surface area contributed by atoms with Crippen molar-refractivity contribution < 1.29 is 0 Å². The first-order valence-electron chi connectivity index (χ1n) is 7.25. The first-order chi connectivity index (χ1) is 10.1. The summed E-state index contributed by atoms with van der Waals surface area (Å²) >= 11 is 6.38. The summed E-state index contributed by atoms with van der Waals surface area (Å²) in [5.41, 5.74) is 9.23. The van der Waals surface area contributed by atoms with Crippen LogP contribution in [0.1, 0.15) is 24.6 Å². The second kappa shape index (κ2) is 7.43. The lowest BCUT2D eigenvalue weighted by Crippen LogP contribution is -2.22. The van der Waals surface area contributed by atoms with Gasteiger partial charge >= 0.3 is 0 Å². The Balaban J connectivity index is 2.08. The van der Waals surface area contributed by atoms with Crippen LogP contribution >= 0.6 is 11.6 Å². The highest BCUT2D eigenvalue weighted by Gasteiger charge is 2.09. The zero-order valence-corrected chi connectivity index (χ0v) is 13.3. The fraction of sp³-hybridized carbons (Fsp3) is 0.353. The maximum Gasteiger partial charge on any atom is 0.0598 e. The lowest BCUT2D eigenvalue weighted by atomic mass is 10.0. The summed E-state index contributed by atoms with van der Waals surface area (Å²) in [5, 5.41) is 0.782. The van der Waals surface area contributed by atoms with E-state index in [2.05, 4.69) is 28.9 Å². The fourth-order valence-electron chi connectivity index (χ4n) is 2.19. The third-order valence-electron chi connectivity index (χ3n) is 3.61. The van der Waals surface area contributed by atoms with Gasteiger partial charge in [-0.05, 0) is 42.7 Å². The molecule has 112 valence electrons. The zero-order chi connectivity index (χ0) is 15.2. The highest BCUT2D eigenvalue weighted by atomic mass is 35.5. The van der Waals surface area contributed by atoms with Crippen LogP contribution in [0.5, 0.6) is 0 Å². The average molecular weight is 304 g/mol. The molecule has 3 nitrogen and oxygen atoms in total. The number of hydrogen-bond acceptors (Lipinski definition) is 3. The van der Waals surface area contributed by atoms with Crippen LogP contribution in [0.25, 0.3) is 0 Å². The molecule has 0 bridgehead atoms. The molecule has 0 aliphatic rings. The molecule has 0 fully saturated rings. The Morgan fingerprint density at radius 3 is 2.71 bits per heavy atom. The first-order valence-corrected chi connectivity index (χ1v) is 7.63. The number of pyridine rings is 1. The Kier molecular flexibility index (Phi) is 5.59. The number of benzene rings is 1. The van der Waals surface area contributed by atoms with Gasteiger partial charge in [0.2, 0.25) is 0 Å². The Bertz CT molecular complexity index is 572. The molecule has 2 rings (SSSR count). The fourth-order valence-corrected chi connectivity index (χ4v) is 2.44. The van der Waals surface area contributed by atoms with Crippen molar-refractivity contribution in [2.75, 3.05) is 11.9 Å². The first kappa shape index (κ1) is 15.8. The van der Waals surface area contributed by atoms with E-state index in [0.29, 0.717) is 0 Å². The summed E-state index contributed by atoms with van der Waals surface area (Å²) in [7, 11) is 2.04. The number of halogens is 1. The maximum atomic E-state index is 6.38. The highest BCUT2D eigenvalue weighted by molar-refractivity contribution is 6.31. The number of nitrogens with two attached hydrogens (primary N) is 1. The van der Waals surface area contributed by atoms with Gasteiger partial charge < -0.3 is 10.6 Å². The third-order valence-corrected chi connectivity index (χ3v) is 3.96. The standard InChI is InChI=1S/C17H22ClN3/c1-3-14(19)10-13-7-8-16(11-17(13)18)21(2)12-15-6-4-5-9-20-15/h4-9,11,14H,3,10,12,19H2,1-2H3. The Labute approximate surface area is 131 Å². The van der Waals surface area contributed by atoms with Crippen LogP contribution in [0.15, 0.2) is 42.6 Å². The van der Waals surface area contributed by atoms with Crippen molar-refractivity contribution in [3.05, 3.63) is 58.9 Å². The number of aromatic nitrogens is 1. The van der Waals surface area contributed by atoms with E-state index in [1.54, 1.807) is 0 Å². The Morgan fingerprint density at radius 1 is 1.29 bits per heavy atom. The molecule has 0 aliphatic carbocycles. The minimum atomic E-state index is 0.166. The Hall–Kier alpha value is -1.58. The van der Waals surface area contributed by atoms with Crippen LogP contribution in [-0.4, -0.2) is 18.1 Å². The van der Waals surface area contributed by atoms with Crippen molar-refractivity contribution in [3.8, 4) is 0 Å². The quantitative estimate of drug-likeness (QED) is 0.885. The molecule has 1 aromatic carbocycles. The molecule has 0 radical (unpaired) electrons. The molecule has 2 N–H and O–H groups in total. The van der Waals surface area contributed by atoms with Crippen molar-refractivity contribution in [2.45, 2.75) is 32.4 Å². The van der Waals surface area contributed by atoms with E-state index in [4.69, 9.17) is 17.3 Å². The van der Waals surface area contributed by atoms with Gasteiger partial charge in [0.25, 0.3) is 0 Å². The molecule has 1 aromatic heterocycles. The van der Waals surface area contributed by atoms with Crippen molar-refractivity contribution in [1.82, 2.24) is 4.98 Å². The zero-order valence-electron chi connectivity index (χ0n) is 12.6. The predicted molar refractivity (Wildman–Crippen MR) is 89.8 cm³/mol. The second-order valence-electron chi connectivity index (χ2n) is 5.33. The van der Waals surface area contributed by atoms with E-state index in [1.807, 2.05) is 37.5 Å². The van der Waals surface area contributed by atoms with Gasteiger partial charge in [-0.25, -0.2) is 0 Å². The molecule has 0 aliphatic heterocycles. The van der Waals surface area contributed by atoms with Crippen LogP contribution in [0.3, 0.4) is 0 Å². The predicted octanol–water partition coefficient (Wildman–Crippen LogP) is 3.65. The summed E-state index contributed by atoms with van der Waals surface area (Å²) in [5.74, 6) is 0. The lowest BCUT2D eigenvalue weighted by molar-refractivity contribution is 0.646. The normalized spacial score (nSPS) is 12.2. The highest BCUT2D eigenvalue weighted by Crippen LogP contribution is 2.25. The summed E-state index contributed by atoms with van der Waals surface area (Å²) in [6.07, 6.45) is 3.59. The Morgan fingerprint density at radius 2 is 2.10 bits per heavy atom. The van der Waals surface area contributed by atoms with Crippen LogP contribution in [0.2, 0.25) is 5.02 Å². The smallest absolute Gasteiger partial charge is 0.0598 e. The largest absolute Gasteiger partial charge is 0.369 e. The summed E-state index contributed by atoms with van der Waals surface area (Å²) in [6.45, 7) is 2.85. The van der Waals surface area contributed by atoms with E-state index < -0.39 is 0 Å². The molecule has 2 aromatic rings. The number of rotatable bonds is 6. The summed E-state index contributed by atoms with van der Waals surface area (Å²) < 4.78 is 0. The molecule has 1 heterocycles. The molecule has 0 amide bonds. The van der Waals surface area contributed by atoms with Crippen molar-refractivity contribution in [1.29, 1.82) is 0 Å². The molecule has 1 unspecified atom stereocenters. The van der Waals surface area contributed by atoms with Crippen molar-refractivity contribution >= 4 is 17.3 Å². The SMILES string of the molecule is CCC(N)Cc1ccc(N(C)Cc2ccccn2)cc1Cl. The van der Waals surface area contributed by atoms with Crippen molar-refractivity contribution in [2.24, 2.45) is 5.73 Å². The van der Waals surface area contributed by atoms with Gasteiger partial charge in [0.1, 0.15) is 0 Å². The van der Waals surface area contributed by atoms with Gasteiger partial charge in [0.05, 0.1) is 12.2 Å². The van der Waals surface area contributed by atoms with Gasteiger partial charge in [0.15, 0.2) is 0 Å². The second-order valence-corrected chi connectivity index (χ2v) is 5.73. The molecule has 4 heteroatoms. The minimum Gasteiger partial charge on any atom is -0.369 e. The maximum absolute atomic E-state index is 6.38. The minimum absolute atomic E-state index is 0.166. The number of hydrogen-bond donors (Lipinski definition) is 1. The molecular formula is C17H22ClN3. The van der Waals surface area contributed by atoms with Crippen molar-refractivity contribution in [3.63, 3.8) is 0 Å². The van der Waals surface area contributed by atoms with Gasteiger partial charge in [0, 0.05) is 30.0 Å².